The Hall–Kier alpha value is -0.680. The van der Waals surface area contributed by atoms with Gasteiger partial charge in [0.25, 0.3) is 0 Å². The van der Waals surface area contributed by atoms with Crippen LogP contribution in [-0.2, 0) is 0 Å². The van der Waals surface area contributed by atoms with Crippen LogP contribution in [0.4, 0.5) is 5.82 Å². The van der Waals surface area contributed by atoms with Gasteiger partial charge in [-0.05, 0) is 54.6 Å². The normalized spacial score (nSPS) is 27.4. The molecule has 1 atom stereocenters. The van der Waals surface area contributed by atoms with Crippen molar-refractivity contribution in [1.29, 1.82) is 0 Å². The van der Waals surface area contributed by atoms with Crippen LogP contribution in [-0.4, -0.2) is 47.1 Å². The first-order chi connectivity index (χ1) is 9.79. The second kappa shape index (κ2) is 5.26. The van der Waals surface area contributed by atoms with E-state index in [9.17, 15) is 0 Å². The van der Waals surface area contributed by atoms with Crippen molar-refractivity contribution < 1.29 is 0 Å². The average Bonchev–Trinajstić information content (AvgIpc) is 3.23. The third-order valence-corrected chi connectivity index (χ3v) is 5.17. The zero-order valence-electron chi connectivity index (χ0n) is 11.8. The van der Waals surface area contributed by atoms with Gasteiger partial charge in [0.1, 0.15) is 16.2 Å². The molecular weight excluding hydrogens is 316 g/mol. The van der Waals surface area contributed by atoms with Gasteiger partial charge in [0.05, 0.1) is 0 Å². The van der Waals surface area contributed by atoms with Crippen molar-refractivity contribution in [2.45, 2.75) is 44.1 Å². The molecule has 108 valence electrons. The van der Waals surface area contributed by atoms with Gasteiger partial charge in [-0.1, -0.05) is 0 Å². The van der Waals surface area contributed by atoms with E-state index in [2.05, 4.69) is 36.8 Å². The van der Waals surface area contributed by atoms with Crippen LogP contribution in [0.5, 0.6) is 0 Å². The lowest BCUT2D eigenvalue weighted by Crippen LogP contribution is -2.37. The Labute approximate surface area is 128 Å². The minimum atomic E-state index is 0.612. The molecular formula is C15H21BrN4. The van der Waals surface area contributed by atoms with Crippen molar-refractivity contribution in [2.24, 2.45) is 0 Å². The summed E-state index contributed by atoms with van der Waals surface area (Å²) in [5.41, 5.74) is 0. The fourth-order valence-electron chi connectivity index (χ4n) is 3.52. The van der Waals surface area contributed by atoms with Gasteiger partial charge in [0.15, 0.2) is 0 Å². The van der Waals surface area contributed by atoms with E-state index in [-0.39, 0.29) is 0 Å². The van der Waals surface area contributed by atoms with Crippen LogP contribution in [0, 0.1) is 0 Å². The monoisotopic (exact) mass is 336 g/mol. The van der Waals surface area contributed by atoms with E-state index in [4.69, 9.17) is 4.98 Å². The lowest BCUT2D eigenvalue weighted by atomic mass is 10.2. The van der Waals surface area contributed by atoms with Crippen LogP contribution in [0.1, 0.15) is 43.8 Å². The first-order valence-corrected chi connectivity index (χ1v) is 8.62. The van der Waals surface area contributed by atoms with Gasteiger partial charge in [-0.2, -0.15) is 0 Å². The maximum Gasteiger partial charge on any atom is 0.135 e. The SMILES string of the molecule is Brc1cc(N2CCCN3CCCC3C2)nc(C2CC2)n1. The second-order valence-corrected chi connectivity index (χ2v) is 7.13. The van der Waals surface area contributed by atoms with E-state index in [1.807, 2.05) is 0 Å². The summed E-state index contributed by atoms with van der Waals surface area (Å²) in [5, 5.41) is 0. The quantitative estimate of drug-likeness (QED) is 0.777. The lowest BCUT2D eigenvalue weighted by molar-refractivity contribution is 0.273. The fraction of sp³-hybridized carbons (Fsp3) is 0.733. The Kier molecular flexibility index (Phi) is 3.42. The van der Waals surface area contributed by atoms with Gasteiger partial charge in [-0.25, -0.2) is 9.97 Å². The van der Waals surface area contributed by atoms with Gasteiger partial charge >= 0.3 is 0 Å². The summed E-state index contributed by atoms with van der Waals surface area (Å²) in [5.74, 6) is 2.78. The highest BCUT2D eigenvalue weighted by Crippen LogP contribution is 2.39. The average molecular weight is 337 g/mol. The van der Waals surface area contributed by atoms with Gasteiger partial charge < -0.3 is 4.90 Å². The minimum absolute atomic E-state index is 0.612. The number of anilines is 1. The van der Waals surface area contributed by atoms with Gasteiger partial charge in [0.2, 0.25) is 0 Å². The van der Waals surface area contributed by atoms with Crippen molar-refractivity contribution in [2.75, 3.05) is 31.1 Å². The highest BCUT2D eigenvalue weighted by Gasteiger charge is 2.31. The Morgan fingerprint density at radius 1 is 1.05 bits per heavy atom. The molecule has 4 nitrogen and oxygen atoms in total. The molecule has 0 bridgehead atoms. The van der Waals surface area contributed by atoms with Crippen LogP contribution in [0.25, 0.3) is 0 Å². The predicted molar refractivity (Wildman–Crippen MR) is 83.1 cm³/mol. The molecule has 0 amide bonds. The Bertz CT molecular complexity index is 503. The zero-order valence-corrected chi connectivity index (χ0v) is 13.3. The molecule has 5 heteroatoms. The van der Waals surface area contributed by atoms with Crippen molar-refractivity contribution in [3.8, 4) is 0 Å². The lowest BCUT2D eigenvalue weighted by Gasteiger charge is -2.26. The largest absolute Gasteiger partial charge is 0.355 e. The Balaban J connectivity index is 1.59. The highest BCUT2D eigenvalue weighted by molar-refractivity contribution is 9.10. The molecule has 1 saturated carbocycles. The molecule has 3 fully saturated rings. The summed E-state index contributed by atoms with van der Waals surface area (Å²) in [6, 6.07) is 2.83. The number of fused-ring (bicyclic) bond motifs is 1. The van der Waals surface area contributed by atoms with Crippen LogP contribution < -0.4 is 4.90 Å². The van der Waals surface area contributed by atoms with Crippen molar-refractivity contribution in [3.63, 3.8) is 0 Å². The molecule has 3 heterocycles. The molecule has 20 heavy (non-hydrogen) atoms. The zero-order chi connectivity index (χ0) is 13.5. The smallest absolute Gasteiger partial charge is 0.135 e. The van der Waals surface area contributed by atoms with E-state index in [1.165, 1.54) is 45.2 Å². The molecule has 2 saturated heterocycles. The molecule has 1 aromatic rings. The van der Waals surface area contributed by atoms with Gasteiger partial charge in [-0.15, -0.1) is 0 Å². The van der Waals surface area contributed by atoms with Crippen molar-refractivity contribution in [3.05, 3.63) is 16.5 Å². The Morgan fingerprint density at radius 2 is 1.90 bits per heavy atom. The highest BCUT2D eigenvalue weighted by atomic mass is 79.9. The number of hydrogen-bond acceptors (Lipinski definition) is 4. The third-order valence-electron chi connectivity index (χ3n) is 4.77. The number of aromatic nitrogens is 2. The molecule has 4 rings (SSSR count). The van der Waals surface area contributed by atoms with E-state index >= 15 is 0 Å². The second-order valence-electron chi connectivity index (χ2n) is 6.31. The summed E-state index contributed by atoms with van der Waals surface area (Å²) in [7, 11) is 0. The topological polar surface area (TPSA) is 32.3 Å². The first kappa shape index (κ1) is 13.0. The maximum atomic E-state index is 4.84. The van der Waals surface area contributed by atoms with E-state index in [0.717, 1.165) is 35.4 Å². The van der Waals surface area contributed by atoms with Crippen LogP contribution in [0.2, 0.25) is 0 Å². The summed E-state index contributed by atoms with van der Waals surface area (Å²) in [6.07, 6.45) is 6.47. The molecule has 1 unspecified atom stereocenters. The number of halogens is 1. The van der Waals surface area contributed by atoms with Crippen LogP contribution >= 0.6 is 15.9 Å². The molecule has 0 spiro atoms. The molecule has 1 aromatic heterocycles. The fourth-order valence-corrected chi connectivity index (χ4v) is 3.91. The Morgan fingerprint density at radius 3 is 2.75 bits per heavy atom. The van der Waals surface area contributed by atoms with Crippen LogP contribution in [0.15, 0.2) is 10.7 Å². The van der Waals surface area contributed by atoms with Crippen molar-refractivity contribution >= 4 is 21.7 Å². The van der Waals surface area contributed by atoms with E-state index < -0.39 is 0 Å². The minimum Gasteiger partial charge on any atom is -0.355 e. The number of rotatable bonds is 2. The maximum absolute atomic E-state index is 4.84. The van der Waals surface area contributed by atoms with E-state index in [1.54, 1.807) is 0 Å². The number of hydrogen-bond donors (Lipinski definition) is 0. The molecule has 0 aromatic carbocycles. The molecule has 0 N–H and O–H groups in total. The predicted octanol–water partition coefficient (Wildman–Crippen LogP) is 2.79. The van der Waals surface area contributed by atoms with E-state index in [0.29, 0.717) is 5.92 Å². The summed E-state index contributed by atoms with van der Waals surface area (Å²) >= 11 is 3.56. The van der Waals surface area contributed by atoms with Gasteiger partial charge in [0, 0.05) is 37.7 Å². The molecule has 0 radical (unpaired) electrons. The van der Waals surface area contributed by atoms with Crippen molar-refractivity contribution in [1.82, 2.24) is 14.9 Å². The molecule has 1 aliphatic carbocycles. The summed E-state index contributed by atoms with van der Waals surface area (Å²) < 4.78 is 0.942. The number of nitrogens with zero attached hydrogens (tertiary/aromatic N) is 4. The first-order valence-electron chi connectivity index (χ1n) is 7.83. The third kappa shape index (κ3) is 2.58. The van der Waals surface area contributed by atoms with Gasteiger partial charge in [-0.3, -0.25) is 4.90 Å². The standard InChI is InChI=1S/C15H21BrN4/c16-13-9-14(18-15(17-13)11-4-5-11)20-8-2-7-19-6-1-3-12(19)10-20/h9,11-12H,1-8,10H2. The summed E-state index contributed by atoms with van der Waals surface area (Å²) in [6.45, 7) is 4.80. The molecule has 3 aliphatic rings. The van der Waals surface area contributed by atoms with Crippen LogP contribution in [0.3, 0.4) is 0 Å². The summed E-state index contributed by atoms with van der Waals surface area (Å²) in [4.78, 5) is 14.5. The molecule has 2 aliphatic heterocycles.